The molecule has 2 amide bonds. The van der Waals surface area contributed by atoms with E-state index in [9.17, 15) is 22.8 Å². The molecule has 5 rings (SSSR count). The normalized spacial score (nSPS) is 27.7. The third-order valence-corrected chi connectivity index (χ3v) is 5.84. The number of hydrogen-bond acceptors (Lipinski definition) is 7. The lowest BCUT2D eigenvalue weighted by Crippen LogP contribution is -2.66. The van der Waals surface area contributed by atoms with Crippen LogP contribution in [0.2, 0.25) is 0 Å². The van der Waals surface area contributed by atoms with Crippen molar-refractivity contribution in [1.29, 1.82) is 0 Å². The van der Waals surface area contributed by atoms with E-state index in [1.54, 1.807) is 30.6 Å². The van der Waals surface area contributed by atoms with Crippen molar-refractivity contribution in [1.82, 2.24) is 20.2 Å². The van der Waals surface area contributed by atoms with Crippen molar-refractivity contribution in [2.24, 2.45) is 0 Å². The van der Waals surface area contributed by atoms with Gasteiger partial charge in [-0.05, 0) is 20.8 Å². The number of carbonyl (C=O) groups is 2. The molecule has 3 aliphatic heterocycles. The third kappa shape index (κ3) is 4.32. The smallest absolute Gasteiger partial charge is 0.419 e. The summed E-state index contributed by atoms with van der Waals surface area (Å²) < 4.78 is 49.2. The standard InChI is InChI=1S/C20H26F3N5O4/c1-17(2,3)32-16(30)26-18-10-19(11-18,31-12-18)14(29)27-4-6-28(7-5-27)15-24-8-13(9-25-15)20(21,22)23/h8-9H,4-7,10-12H2,1-3H3,(H,26,30). The average molecular weight is 457 g/mol. The number of alkyl carbamates (subject to hydrolysis) is 1. The summed E-state index contributed by atoms with van der Waals surface area (Å²) in [7, 11) is 0. The van der Waals surface area contributed by atoms with E-state index in [0.29, 0.717) is 39.0 Å². The van der Waals surface area contributed by atoms with Crippen molar-refractivity contribution < 1.29 is 32.2 Å². The molecule has 4 aliphatic rings. The van der Waals surface area contributed by atoms with Gasteiger partial charge in [0.25, 0.3) is 5.91 Å². The van der Waals surface area contributed by atoms with E-state index in [1.807, 2.05) is 0 Å². The molecular weight excluding hydrogens is 431 g/mol. The summed E-state index contributed by atoms with van der Waals surface area (Å²) in [4.78, 5) is 36.3. The van der Waals surface area contributed by atoms with Gasteiger partial charge in [0.1, 0.15) is 5.60 Å². The first-order chi connectivity index (χ1) is 14.8. The molecule has 4 heterocycles. The summed E-state index contributed by atoms with van der Waals surface area (Å²) >= 11 is 0. The zero-order valence-corrected chi connectivity index (χ0v) is 18.2. The number of halogens is 3. The first-order valence-electron chi connectivity index (χ1n) is 10.4. The Morgan fingerprint density at radius 3 is 2.22 bits per heavy atom. The predicted octanol–water partition coefficient (Wildman–Crippen LogP) is 1.97. The topological polar surface area (TPSA) is 96.9 Å². The van der Waals surface area contributed by atoms with E-state index < -0.39 is 34.6 Å². The second-order valence-electron chi connectivity index (χ2n) is 9.59. The number of nitrogens with zero attached hydrogens (tertiary/aromatic N) is 4. The number of carbonyl (C=O) groups excluding carboxylic acids is 2. The molecule has 176 valence electrons. The van der Waals surface area contributed by atoms with Crippen molar-refractivity contribution in [2.45, 2.75) is 56.5 Å². The molecule has 3 saturated heterocycles. The first-order valence-corrected chi connectivity index (χ1v) is 10.4. The van der Waals surface area contributed by atoms with Crippen LogP contribution in [0.3, 0.4) is 0 Å². The fraction of sp³-hybridized carbons (Fsp3) is 0.700. The average Bonchev–Trinajstić information content (AvgIpc) is 3.22. The zero-order valence-electron chi connectivity index (χ0n) is 18.2. The summed E-state index contributed by atoms with van der Waals surface area (Å²) in [5.74, 6) is 0.0641. The molecule has 1 aromatic rings. The van der Waals surface area contributed by atoms with E-state index in [0.717, 1.165) is 12.4 Å². The summed E-state index contributed by atoms with van der Waals surface area (Å²) in [5.41, 5.74) is -3.05. The van der Waals surface area contributed by atoms with Crippen LogP contribution in [0.4, 0.5) is 23.9 Å². The van der Waals surface area contributed by atoms with Crippen molar-refractivity contribution in [2.75, 3.05) is 37.7 Å². The van der Waals surface area contributed by atoms with Gasteiger partial charge in [-0.1, -0.05) is 0 Å². The van der Waals surface area contributed by atoms with E-state index in [2.05, 4.69) is 15.3 Å². The maximum absolute atomic E-state index is 13.1. The van der Waals surface area contributed by atoms with Crippen LogP contribution < -0.4 is 10.2 Å². The van der Waals surface area contributed by atoms with Crippen LogP contribution in [0.1, 0.15) is 39.2 Å². The fourth-order valence-electron chi connectivity index (χ4n) is 4.41. The Hall–Kier alpha value is -2.63. The second kappa shape index (κ2) is 7.46. The largest absolute Gasteiger partial charge is 0.444 e. The van der Waals surface area contributed by atoms with Gasteiger partial charge in [0.15, 0.2) is 5.60 Å². The molecular formula is C20H26F3N5O4. The molecule has 9 nitrogen and oxygen atoms in total. The Morgan fingerprint density at radius 1 is 1.09 bits per heavy atom. The lowest BCUT2D eigenvalue weighted by Gasteiger charge is -2.46. The highest BCUT2D eigenvalue weighted by Crippen LogP contribution is 2.52. The number of alkyl halides is 3. The van der Waals surface area contributed by atoms with Gasteiger partial charge in [0.2, 0.25) is 5.95 Å². The zero-order chi connectivity index (χ0) is 23.4. The van der Waals surface area contributed by atoms with Crippen LogP contribution in [0.25, 0.3) is 0 Å². The molecule has 0 unspecified atom stereocenters. The van der Waals surface area contributed by atoms with Crippen LogP contribution in [-0.4, -0.2) is 76.4 Å². The molecule has 0 spiro atoms. The van der Waals surface area contributed by atoms with E-state index in [1.165, 1.54) is 0 Å². The number of rotatable bonds is 3. The number of aromatic nitrogens is 2. The Bertz CT molecular complexity index is 886. The number of nitrogens with one attached hydrogen (secondary N) is 1. The van der Waals surface area contributed by atoms with Gasteiger partial charge in [-0.3, -0.25) is 4.79 Å². The Labute approximate surface area is 183 Å². The molecule has 0 atom stereocenters. The van der Waals surface area contributed by atoms with Crippen LogP contribution in [0.5, 0.6) is 0 Å². The third-order valence-electron chi connectivity index (χ3n) is 5.84. The van der Waals surface area contributed by atoms with Crippen molar-refractivity contribution >= 4 is 17.9 Å². The number of piperazine rings is 1. The number of hydrogen-bond donors (Lipinski definition) is 1. The minimum absolute atomic E-state index is 0.135. The fourth-order valence-corrected chi connectivity index (χ4v) is 4.41. The van der Waals surface area contributed by atoms with Crippen molar-refractivity contribution in [3.63, 3.8) is 0 Å². The molecule has 1 aromatic heterocycles. The molecule has 4 fully saturated rings. The van der Waals surface area contributed by atoms with Gasteiger partial charge in [0, 0.05) is 51.4 Å². The van der Waals surface area contributed by atoms with Crippen molar-refractivity contribution in [3.05, 3.63) is 18.0 Å². The Kier molecular flexibility index (Phi) is 5.26. The molecule has 0 aromatic carbocycles. The van der Waals surface area contributed by atoms with Gasteiger partial charge in [0.05, 0.1) is 17.7 Å². The minimum atomic E-state index is -4.49. The number of fused-ring (bicyclic) bond motifs is 1. The highest BCUT2D eigenvalue weighted by Gasteiger charge is 2.68. The summed E-state index contributed by atoms with van der Waals surface area (Å²) in [6.07, 6.45) is -2.72. The SMILES string of the molecule is CC(C)(C)OC(=O)NC12COC(C(=O)N3CCN(c4ncc(C(F)(F)F)cn4)CC3)(C1)C2. The van der Waals surface area contributed by atoms with Crippen LogP contribution in [-0.2, 0) is 20.4 Å². The summed E-state index contributed by atoms with van der Waals surface area (Å²) in [6, 6.07) is 0. The highest BCUT2D eigenvalue weighted by atomic mass is 19.4. The van der Waals surface area contributed by atoms with Crippen LogP contribution >= 0.6 is 0 Å². The second-order valence-corrected chi connectivity index (χ2v) is 9.59. The summed E-state index contributed by atoms with van der Waals surface area (Å²) in [6.45, 7) is 7.13. The van der Waals surface area contributed by atoms with Crippen molar-refractivity contribution in [3.8, 4) is 0 Å². The number of anilines is 1. The van der Waals surface area contributed by atoms with Crippen LogP contribution in [0.15, 0.2) is 12.4 Å². The molecule has 1 N–H and O–H groups in total. The van der Waals surface area contributed by atoms with E-state index in [-0.39, 0.29) is 18.5 Å². The molecule has 2 bridgehead atoms. The molecule has 1 saturated carbocycles. The quantitative estimate of drug-likeness (QED) is 0.741. The molecule has 1 aliphatic carbocycles. The van der Waals surface area contributed by atoms with Gasteiger partial charge in [-0.25, -0.2) is 14.8 Å². The van der Waals surface area contributed by atoms with E-state index >= 15 is 0 Å². The van der Waals surface area contributed by atoms with Gasteiger partial charge in [-0.2, -0.15) is 13.2 Å². The van der Waals surface area contributed by atoms with Gasteiger partial charge in [-0.15, -0.1) is 0 Å². The Balaban J connectivity index is 1.30. The number of amides is 2. The lowest BCUT2D eigenvalue weighted by atomic mass is 9.67. The van der Waals surface area contributed by atoms with Gasteiger partial charge < -0.3 is 24.6 Å². The molecule has 12 heteroatoms. The van der Waals surface area contributed by atoms with Gasteiger partial charge >= 0.3 is 12.3 Å². The number of ether oxygens (including phenoxy) is 2. The predicted molar refractivity (Wildman–Crippen MR) is 106 cm³/mol. The maximum atomic E-state index is 13.1. The highest BCUT2D eigenvalue weighted by molar-refractivity contribution is 5.88. The van der Waals surface area contributed by atoms with Crippen LogP contribution in [0, 0.1) is 0 Å². The monoisotopic (exact) mass is 457 g/mol. The molecule has 32 heavy (non-hydrogen) atoms. The first kappa shape index (κ1) is 22.6. The molecule has 0 radical (unpaired) electrons. The maximum Gasteiger partial charge on any atom is 0.419 e. The Morgan fingerprint density at radius 2 is 1.69 bits per heavy atom. The lowest BCUT2D eigenvalue weighted by molar-refractivity contribution is -0.156. The minimum Gasteiger partial charge on any atom is -0.444 e. The van der Waals surface area contributed by atoms with E-state index in [4.69, 9.17) is 9.47 Å². The summed E-state index contributed by atoms with van der Waals surface area (Å²) in [5, 5.41) is 2.84.